The Morgan fingerprint density at radius 1 is 1.47 bits per heavy atom. The summed E-state index contributed by atoms with van der Waals surface area (Å²) in [6.07, 6.45) is 5.35. The molecule has 1 atom stereocenters. The van der Waals surface area contributed by atoms with Gasteiger partial charge in [-0.05, 0) is 44.3 Å². The number of piperidine rings is 1. The van der Waals surface area contributed by atoms with Gasteiger partial charge in [0.25, 0.3) is 0 Å². The van der Waals surface area contributed by atoms with E-state index in [9.17, 15) is 0 Å². The smallest absolute Gasteiger partial charge is 0.144 e. The maximum atomic E-state index is 6.03. The van der Waals surface area contributed by atoms with Gasteiger partial charge in [-0.2, -0.15) is 0 Å². The van der Waals surface area contributed by atoms with Crippen LogP contribution < -0.4 is 10.6 Å². The third-order valence-corrected chi connectivity index (χ3v) is 3.55. The van der Waals surface area contributed by atoms with Gasteiger partial charge in [0.05, 0.1) is 10.0 Å². The molecule has 2 rings (SSSR count). The van der Waals surface area contributed by atoms with E-state index in [1.54, 1.807) is 12.3 Å². The average Bonchev–Trinajstić information content (AvgIpc) is 2.33. The number of hydrogen-bond donors (Lipinski definition) is 2. The molecule has 1 aromatic rings. The standard InChI is InChI=1S/C12H17Cl2N3/c13-10-6-11(14)12(17-8-10)16-5-3-9-2-1-4-15-7-9/h6,8-9,15H,1-5,7H2,(H,16,17). The summed E-state index contributed by atoms with van der Waals surface area (Å²) in [6, 6.07) is 1.71. The van der Waals surface area contributed by atoms with Crippen molar-refractivity contribution in [3.8, 4) is 0 Å². The molecule has 0 bridgehead atoms. The fourth-order valence-corrected chi connectivity index (χ4v) is 2.56. The first-order chi connectivity index (χ1) is 8.25. The SMILES string of the molecule is Clc1cnc(NCCC2CCCNC2)c(Cl)c1. The second-order valence-corrected chi connectivity index (χ2v) is 5.26. The molecular weight excluding hydrogens is 257 g/mol. The normalized spacial score (nSPS) is 20.2. The molecule has 1 unspecified atom stereocenters. The number of nitrogens with one attached hydrogen (secondary N) is 2. The van der Waals surface area contributed by atoms with Crippen LogP contribution in [0.25, 0.3) is 0 Å². The summed E-state index contributed by atoms with van der Waals surface area (Å²) in [5.74, 6) is 1.49. The summed E-state index contributed by atoms with van der Waals surface area (Å²) in [7, 11) is 0. The van der Waals surface area contributed by atoms with Crippen molar-refractivity contribution in [2.75, 3.05) is 25.0 Å². The van der Waals surface area contributed by atoms with E-state index in [2.05, 4.69) is 15.6 Å². The largest absolute Gasteiger partial charge is 0.369 e. The van der Waals surface area contributed by atoms with E-state index in [0.717, 1.165) is 37.8 Å². The molecule has 1 aliphatic heterocycles. The quantitative estimate of drug-likeness (QED) is 0.885. The topological polar surface area (TPSA) is 37.0 Å². The van der Waals surface area contributed by atoms with Crippen molar-refractivity contribution in [3.63, 3.8) is 0 Å². The molecule has 3 nitrogen and oxygen atoms in total. The number of halogens is 2. The zero-order valence-corrected chi connectivity index (χ0v) is 11.2. The minimum Gasteiger partial charge on any atom is -0.369 e. The van der Waals surface area contributed by atoms with Crippen LogP contribution in [-0.4, -0.2) is 24.6 Å². The lowest BCUT2D eigenvalue weighted by Crippen LogP contribution is -2.30. The van der Waals surface area contributed by atoms with Gasteiger partial charge in [0, 0.05) is 12.7 Å². The van der Waals surface area contributed by atoms with E-state index < -0.39 is 0 Å². The third-order valence-electron chi connectivity index (χ3n) is 3.05. The molecule has 1 fully saturated rings. The van der Waals surface area contributed by atoms with Gasteiger partial charge in [-0.3, -0.25) is 0 Å². The fourth-order valence-electron chi connectivity index (χ4n) is 2.11. The van der Waals surface area contributed by atoms with Gasteiger partial charge >= 0.3 is 0 Å². The number of anilines is 1. The third kappa shape index (κ3) is 4.02. The molecule has 0 amide bonds. The predicted molar refractivity (Wildman–Crippen MR) is 73.0 cm³/mol. The molecule has 17 heavy (non-hydrogen) atoms. The molecule has 2 N–H and O–H groups in total. The molecule has 0 spiro atoms. The Morgan fingerprint density at radius 2 is 2.35 bits per heavy atom. The van der Waals surface area contributed by atoms with Crippen molar-refractivity contribution >= 4 is 29.0 Å². The van der Waals surface area contributed by atoms with Crippen LogP contribution in [0, 0.1) is 5.92 Å². The Morgan fingerprint density at radius 3 is 3.06 bits per heavy atom. The van der Waals surface area contributed by atoms with Crippen molar-refractivity contribution in [1.29, 1.82) is 0 Å². The Kier molecular flexibility index (Phi) is 4.89. The van der Waals surface area contributed by atoms with E-state index in [-0.39, 0.29) is 0 Å². The van der Waals surface area contributed by atoms with Crippen LogP contribution in [0.5, 0.6) is 0 Å². The predicted octanol–water partition coefficient (Wildman–Crippen LogP) is 3.19. The Labute approximate surface area is 112 Å². The number of nitrogens with zero attached hydrogens (tertiary/aromatic N) is 1. The van der Waals surface area contributed by atoms with E-state index in [1.807, 2.05) is 0 Å². The number of hydrogen-bond acceptors (Lipinski definition) is 3. The first kappa shape index (κ1) is 12.9. The average molecular weight is 274 g/mol. The highest BCUT2D eigenvalue weighted by Gasteiger charge is 2.12. The maximum Gasteiger partial charge on any atom is 0.144 e. The fraction of sp³-hybridized carbons (Fsp3) is 0.583. The molecule has 2 heterocycles. The number of aromatic nitrogens is 1. The molecule has 1 saturated heterocycles. The van der Waals surface area contributed by atoms with E-state index in [0.29, 0.717) is 10.0 Å². The molecule has 1 aliphatic rings. The van der Waals surface area contributed by atoms with Crippen LogP contribution in [0.2, 0.25) is 10.0 Å². The monoisotopic (exact) mass is 273 g/mol. The van der Waals surface area contributed by atoms with Crippen molar-refractivity contribution in [2.45, 2.75) is 19.3 Å². The van der Waals surface area contributed by atoms with Crippen molar-refractivity contribution in [1.82, 2.24) is 10.3 Å². The lowest BCUT2D eigenvalue weighted by Gasteiger charge is -2.22. The zero-order valence-electron chi connectivity index (χ0n) is 9.68. The first-order valence-electron chi connectivity index (χ1n) is 6.01. The second kappa shape index (κ2) is 6.43. The molecular formula is C12H17Cl2N3. The summed E-state index contributed by atoms with van der Waals surface area (Å²) in [5, 5.41) is 7.82. The van der Waals surface area contributed by atoms with Crippen molar-refractivity contribution in [3.05, 3.63) is 22.3 Å². The summed E-state index contributed by atoms with van der Waals surface area (Å²) < 4.78 is 0. The highest BCUT2D eigenvalue weighted by molar-refractivity contribution is 6.35. The lowest BCUT2D eigenvalue weighted by molar-refractivity contribution is 0.364. The van der Waals surface area contributed by atoms with E-state index >= 15 is 0 Å². The summed E-state index contributed by atoms with van der Waals surface area (Å²) in [4.78, 5) is 4.17. The highest BCUT2D eigenvalue weighted by Crippen LogP contribution is 2.23. The van der Waals surface area contributed by atoms with Gasteiger partial charge in [0.15, 0.2) is 0 Å². The van der Waals surface area contributed by atoms with Gasteiger partial charge in [-0.1, -0.05) is 23.2 Å². The van der Waals surface area contributed by atoms with Crippen LogP contribution >= 0.6 is 23.2 Å². The van der Waals surface area contributed by atoms with Crippen molar-refractivity contribution < 1.29 is 0 Å². The summed E-state index contributed by atoms with van der Waals surface area (Å²) >= 11 is 11.8. The summed E-state index contributed by atoms with van der Waals surface area (Å²) in [5.41, 5.74) is 0. The molecule has 0 aromatic carbocycles. The molecule has 94 valence electrons. The Hall–Kier alpha value is -0.510. The molecule has 5 heteroatoms. The Bertz CT molecular complexity index is 365. The second-order valence-electron chi connectivity index (χ2n) is 4.41. The van der Waals surface area contributed by atoms with Gasteiger partial charge in [-0.15, -0.1) is 0 Å². The lowest BCUT2D eigenvalue weighted by atomic mass is 9.96. The molecule has 1 aromatic heterocycles. The van der Waals surface area contributed by atoms with Gasteiger partial charge in [0.2, 0.25) is 0 Å². The van der Waals surface area contributed by atoms with E-state index in [1.165, 1.54) is 12.8 Å². The minimum absolute atomic E-state index is 0.567. The number of rotatable bonds is 4. The van der Waals surface area contributed by atoms with Gasteiger partial charge in [-0.25, -0.2) is 4.98 Å². The zero-order chi connectivity index (χ0) is 12.1. The van der Waals surface area contributed by atoms with Gasteiger partial charge < -0.3 is 10.6 Å². The Balaban J connectivity index is 1.77. The van der Waals surface area contributed by atoms with Crippen LogP contribution in [-0.2, 0) is 0 Å². The molecule has 0 aliphatic carbocycles. The first-order valence-corrected chi connectivity index (χ1v) is 6.77. The highest BCUT2D eigenvalue weighted by atomic mass is 35.5. The van der Waals surface area contributed by atoms with Crippen LogP contribution in [0.4, 0.5) is 5.82 Å². The summed E-state index contributed by atoms with van der Waals surface area (Å²) in [6.45, 7) is 3.19. The molecule has 0 saturated carbocycles. The van der Waals surface area contributed by atoms with Crippen molar-refractivity contribution in [2.24, 2.45) is 5.92 Å². The van der Waals surface area contributed by atoms with Crippen LogP contribution in [0.3, 0.4) is 0 Å². The molecule has 0 radical (unpaired) electrons. The van der Waals surface area contributed by atoms with Gasteiger partial charge in [0.1, 0.15) is 5.82 Å². The maximum absolute atomic E-state index is 6.03. The van der Waals surface area contributed by atoms with Crippen LogP contribution in [0.1, 0.15) is 19.3 Å². The number of pyridine rings is 1. The minimum atomic E-state index is 0.567. The van der Waals surface area contributed by atoms with Crippen LogP contribution in [0.15, 0.2) is 12.3 Å². The van der Waals surface area contributed by atoms with E-state index in [4.69, 9.17) is 23.2 Å².